The van der Waals surface area contributed by atoms with Gasteiger partial charge >= 0.3 is 0 Å². The number of aliphatic hydroxyl groups excluding tert-OH is 1. The molecule has 3 aromatic rings. The zero-order valence-corrected chi connectivity index (χ0v) is 35.0. The molecule has 3 aromatic carbocycles. The molecule has 2 fully saturated rings. The monoisotopic (exact) mass is 835 g/mol. The van der Waals surface area contributed by atoms with Gasteiger partial charge in [-0.25, -0.2) is 4.99 Å². The fourth-order valence-corrected chi connectivity index (χ4v) is 12.8. The lowest BCUT2D eigenvalue weighted by Crippen LogP contribution is -2.40. The van der Waals surface area contributed by atoms with Crippen LogP contribution in [0.5, 0.6) is 11.5 Å². The summed E-state index contributed by atoms with van der Waals surface area (Å²) in [4.78, 5) is 4.83. The Kier molecular flexibility index (Phi) is 10.8. The summed E-state index contributed by atoms with van der Waals surface area (Å²) < 4.78 is 53.6. The van der Waals surface area contributed by atoms with E-state index in [9.17, 15) is 28.3 Å². The van der Waals surface area contributed by atoms with Crippen LogP contribution in [0.15, 0.2) is 77.3 Å². The van der Waals surface area contributed by atoms with Crippen LogP contribution in [-0.2, 0) is 27.0 Å². The summed E-state index contributed by atoms with van der Waals surface area (Å²) in [5.74, 6) is 5.48. The van der Waals surface area contributed by atoms with Gasteiger partial charge in [-0.15, -0.1) is 0 Å². The van der Waals surface area contributed by atoms with Gasteiger partial charge in [0.2, 0.25) is 5.72 Å². The topological polar surface area (TPSA) is 198 Å². The van der Waals surface area contributed by atoms with Crippen molar-refractivity contribution in [2.24, 2.45) is 40.1 Å². The minimum atomic E-state index is -4.63. The molecule has 0 radical (unpaired) electrons. The highest BCUT2D eigenvalue weighted by Gasteiger charge is 2.50. The molecular weight excluding hydrogens is 779 g/mol. The van der Waals surface area contributed by atoms with Crippen molar-refractivity contribution in [1.29, 1.82) is 0 Å². The van der Waals surface area contributed by atoms with Gasteiger partial charge in [-0.05, 0) is 122 Å². The van der Waals surface area contributed by atoms with Gasteiger partial charge < -0.3 is 36.3 Å². The molecule has 3 aliphatic carbocycles. The highest BCUT2D eigenvalue weighted by molar-refractivity contribution is 7.86. The maximum absolute atomic E-state index is 14.1. The number of fused-ring (bicyclic) bond motifs is 9. The zero-order valence-electron chi connectivity index (χ0n) is 34.2. The van der Waals surface area contributed by atoms with Crippen molar-refractivity contribution < 1.29 is 37.8 Å². The Balaban J connectivity index is 1.25. The lowest BCUT2D eigenvalue weighted by molar-refractivity contribution is -0.0416. The van der Waals surface area contributed by atoms with E-state index in [0.717, 1.165) is 53.5 Å². The first-order valence-corrected chi connectivity index (χ1v) is 23.2. The molecule has 10 bridgehead atoms. The predicted molar refractivity (Wildman–Crippen MR) is 229 cm³/mol. The Hall–Kier alpha value is -4.38. The summed E-state index contributed by atoms with van der Waals surface area (Å²) in [7, 11) is -4.63. The molecule has 318 valence electrons. The highest BCUT2D eigenvalue weighted by atomic mass is 32.2. The molecule has 5 heterocycles. The maximum Gasteiger partial charge on any atom is 0.268 e. The number of aliphatic hydroxyl groups is 2. The van der Waals surface area contributed by atoms with Crippen LogP contribution in [0.4, 0.5) is 0 Å². The molecule has 1 saturated heterocycles. The van der Waals surface area contributed by atoms with Crippen LogP contribution in [0.1, 0.15) is 129 Å². The van der Waals surface area contributed by atoms with Gasteiger partial charge in [0.05, 0.1) is 17.0 Å². The first kappa shape index (κ1) is 41.0. The second-order valence-electron chi connectivity index (χ2n) is 18.6. The second kappa shape index (κ2) is 15.8. The van der Waals surface area contributed by atoms with Crippen LogP contribution < -0.4 is 16.2 Å². The van der Waals surface area contributed by atoms with Gasteiger partial charge in [0.15, 0.2) is 5.96 Å². The number of aryl methyl sites for hydroxylation is 1. The second-order valence-corrected chi connectivity index (χ2v) is 20.2. The Morgan fingerprint density at radius 1 is 1.00 bits per heavy atom. The number of phenols is 1. The number of hydrogen-bond donors (Lipinski definition) is 6. The van der Waals surface area contributed by atoms with Crippen molar-refractivity contribution in [3.05, 3.63) is 106 Å². The number of hydrogen-bond acceptors (Lipinski definition) is 8. The molecule has 1 saturated carbocycles. The van der Waals surface area contributed by atoms with Crippen LogP contribution in [0, 0.1) is 35.5 Å². The Labute approximate surface area is 353 Å². The van der Waals surface area contributed by atoms with Gasteiger partial charge in [-0.3, -0.25) is 4.55 Å². The summed E-state index contributed by atoms with van der Waals surface area (Å²) in [6, 6.07) is 19.0. The molecule has 11 nitrogen and oxygen atoms in total. The zero-order chi connectivity index (χ0) is 42.0. The molecule has 11 rings (SSSR count). The van der Waals surface area contributed by atoms with E-state index >= 15 is 0 Å². The van der Waals surface area contributed by atoms with Crippen molar-refractivity contribution in [3.8, 4) is 23.3 Å². The molecule has 60 heavy (non-hydrogen) atoms. The van der Waals surface area contributed by atoms with Crippen molar-refractivity contribution in [2.75, 3.05) is 6.61 Å². The molecule has 0 spiro atoms. The number of nitrogens with zero attached hydrogens (tertiary/aromatic N) is 1. The summed E-state index contributed by atoms with van der Waals surface area (Å²) in [5.41, 5.74) is 16.2. The average Bonchev–Trinajstić information content (AvgIpc) is 3.61. The van der Waals surface area contributed by atoms with Crippen LogP contribution in [0.3, 0.4) is 0 Å². The summed E-state index contributed by atoms with van der Waals surface area (Å²) in [6.07, 6.45) is 8.39. The quantitative estimate of drug-likeness (QED) is 0.0502. The number of aromatic hydroxyl groups is 1. The summed E-state index contributed by atoms with van der Waals surface area (Å²) in [6.45, 7) is 2.02. The van der Waals surface area contributed by atoms with Crippen molar-refractivity contribution in [3.63, 3.8) is 0 Å². The van der Waals surface area contributed by atoms with Gasteiger partial charge in [0, 0.05) is 48.0 Å². The number of guanidine groups is 1. The lowest BCUT2D eigenvalue weighted by atomic mass is 9.64. The molecule has 5 aliphatic heterocycles. The van der Waals surface area contributed by atoms with Crippen LogP contribution in [-0.4, -0.2) is 57.8 Å². The number of benzene rings is 3. The number of ether oxygens (including phenoxy) is 2. The predicted octanol–water partition coefficient (Wildman–Crippen LogP) is 6.85. The Morgan fingerprint density at radius 3 is 2.50 bits per heavy atom. The Morgan fingerprint density at radius 2 is 1.77 bits per heavy atom. The summed E-state index contributed by atoms with van der Waals surface area (Å²) >= 11 is 0. The highest BCUT2D eigenvalue weighted by Crippen LogP contribution is 2.55. The number of aliphatic imine (C=N–C) groups is 1. The van der Waals surface area contributed by atoms with E-state index in [4.69, 9.17) is 25.9 Å². The van der Waals surface area contributed by atoms with Crippen LogP contribution >= 0.6 is 0 Å². The van der Waals surface area contributed by atoms with E-state index in [1.807, 2.05) is 48.5 Å². The standard InChI is InChI=1S/C48H57N3O8S/c1-28-7-8-31-23-37-14-16-38(31)40(28)26-43(60(55,56)57)41-24-34-21-33(25-42-32(27-52)6-4-5-30-22-36(53)13-15-39(30)45(34)58-42)44(41)29-9-11-35(12-10-29)48(59-37,51-46(49)50)20-19-47(54)17-2-3-18-47/h9-16,22-24,28,32-33,40-45,52-54H,2-3,6-8,17-21,25-27H2,1H3,(H4,49,50,51)(H,55,56,57). The van der Waals surface area contributed by atoms with E-state index in [-0.39, 0.29) is 54.3 Å². The lowest BCUT2D eigenvalue weighted by Gasteiger charge is -2.42. The van der Waals surface area contributed by atoms with Gasteiger partial charge in [0.1, 0.15) is 17.6 Å². The molecule has 0 amide bonds. The first-order valence-electron chi connectivity index (χ1n) is 21.7. The smallest absolute Gasteiger partial charge is 0.268 e. The normalized spacial score (nSPS) is 32.7. The molecule has 0 aromatic heterocycles. The number of phenolic OH excluding ortho intramolecular Hbond substituents is 1. The maximum atomic E-state index is 14.1. The van der Waals surface area contributed by atoms with Crippen molar-refractivity contribution >= 4 is 16.1 Å². The third kappa shape index (κ3) is 7.73. The van der Waals surface area contributed by atoms with Gasteiger partial charge in [-0.2, -0.15) is 8.42 Å². The number of allylic oxidation sites excluding steroid dienone is 1. The molecule has 10 atom stereocenters. The third-order valence-corrected chi connectivity index (χ3v) is 16.1. The van der Waals surface area contributed by atoms with Crippen LogP contribution in [0.2, 0.25) is 0 Å². The first-order chi connectivity index (χ1) is 28.7. The fourth-order valence-electron chi connectivity index (χ4n) is 11.7. The van der Waals surface area contributed by atoms with E-state index in [2.05, 4.69) is 24.8 Å². The largest absolute Gasteiger partial charge is 0.508 e. The van der Waals surface area contributed by atoms with Gasteiger partial charge in [-0.1, -0.05) is 74.1 Å². The van der Waals surface area contributed by atoms with Crippen LogP contribution in [0.25, 0.3) is 0 Å². The third-order valence-electron chi connectivity index (χ3n) is 14.9. The molecule has 12 heteroatoms. The molecule has 8 aliphatic rings. The fraction of sp³-hybridized carbons (Fsp3) is 0.521. The van der Waals surface area contributed by atoms with E-state index in [0.29, 0.717) is 61.8 Å². The average molecular weight is 836 g/mol. The SMILES string of the molecule is CC1CCc2cc3ccc2C1CC(S(=O)(=O)O)C1C=C2CC(CC4OC2c2ccc(O)cc2C#CCC4CO)C1c1ccc(cc1)C(CCC1(O)CCCC1)(N=C(N)N)O3. The van der Waals surface area contributed by atoms with E-state index < -0.39 is 44.8 Å². The molecule has 8 N–H and O–H groups in total. The number of nitrogens with two attached hydrogens (primary N) is 2. The van der Waals surface area contributed by atoms with Gasteiger partial charge in [0.25, 0.3) is 10.1 Å². The minimum Gasteiger partial charge on any atom is -0.508 e. The Bertz CT molecular complexity index is 2360. The number of rotatable bonds is 6. The van der Waals surface area contributed by atoms with E-state index in [1.165, 1.54) is 0 Å². The van der Waals surface area contributed by atoms with Crippen molar-refractivity contribution in [2.45, 2.75) is 125 Å². The van der Waals surface area contributed by atoms with E-state index in [1.54, 1.807) is 12.1 Å². The van der Waals surface area contributed by atoms with Crippen molar-refractivity contribution in [1.82, 2.24) is 0 Å². The molecule has 10 unspecified atom stereocenters. The minimum absolute atomic E-state index is 0.0797. The molecular formula is C48H57N3O8S. The summed E-state index contributed by atoms with van der Waals surface area (Å²) in [5, 5.41) is 31.7.